The van der Waals surface area contributed by atoms with Crippen molar-refractivity contribution in [3.63, 3.8) is 0 Å². The third kappa shape index (κ3) is 2.41. The minimum atomic E-state index is -1.09. The maximum atomic E-state index is 4.95. The van der Waals surface area contributed by atoms with E-state index in [0.29, 0.717) is 0 Å². The van der Waals surface area contributed by atoms with Crippen LogP contribution in [0.1, 0.15) is 0 Å². The Morgan fingerprint density at radius 3 is 1.45 bits per heavy atom. The Bertz CT molecular complexity index is 96.6. The van der Waals surface area contributed by atoms with Crippen LogP contribution in [0.4, 0.5) is 0 Å². The average molecular weight is 163 g/mol. The molecule has 0 rings (SSSR count). The first-order chi connectivity index (χ1) is 5.14. The summed E-state index contributed by atoms with van der Waals surface area (Å²) in [4.78, 5) is 0. The zero-order valence-electron chi connectivity index (χ0n) is 7.42. The van der Waals surface area contributed by atoms with Gasteiger partial charge in [0.15, 0.2) is 0 Å². The summed E-state index contributed by atoms with van der Waals surface area (Å²) in [5.74, 6) is -1.09. The molecule has 4 heteroatoms. The third-order valence-corrected chi connectivity index (χ3v) is 1.48. The molecule has 0 saturated heterocycles. The largest absolute Gasteiger partial charge is 0.351 e. The zero-order valence-corrected chi connectivity index (χ0v) is 7.42. The van der Waals surface area contributed by atoms with E-state index in [9.17, 15) is 0 Å². The van der Waals surface area contributed by atoms with Crippen LogP contribution in [0.25, 0.3) is 0 Å². The molecule has 11 heavy (non-hydrogen) atoms. The van der Waals surface area contributed by atoms with E-state index in [-0.39, 0.29) is 0 Å². The highest BCUT2D eigenvalue weighted by Gasteiger charge is 2.35. The van der Waals surface area contributed by atoms with Crippen molar-refractivity contribution in [2.45, 2.75) is 12.1 Å². The van der Waals surface area contributed by atoms with Gasteiger partial charge in [-0.05, 0) is 0 Å². The van der Waals surface area contributed by atoms with Gasteiger partial charge in [0.05, 0.1) is 0 Å². The van der Waals surface area contributed by atoms with E-state index in [1.54, 1.807) is 0 Å². The lowest BCUT2D eigenvalue weighted by Gasteiger charge is -2.32. The van der Waals surface area contributed by atoms with E-state index < -0.39 is 12.1 Å². The Morgan fingerprint density at radius 1 is 1.00 bits per heavy atom. The molecule has 0 heterocycles. The summed E-state index contributed by atoms with van der Waals surface area (Å²) >= 11 is 0. The molecule has 0 aromatic rings. The Morgan fingerprint density at radius 2 is 1.36 bits per heavy atom. The minimum absolute atomic E-state index is 0.627. The van der Waals surface area contributed by atoms with Crippen LogP contribution in [-0.4, -0.2) is 40.5 Å². The fourth-order valence-corrected chi connectivity index (χ4v) is 0.731. The lowest BCUT2D eigenvalue weighted by Crippen LogP contribution is -2.45. The van der Waals surface area contributed by atoms with E-state index >= 15 is 0 Å². The normalized spacial score (nSPS) is 12.5. The predicted octanol–water partition coefficient (Wildman–Crippen LogP) is 0.428. The van der Waals surface area contributed by atoms with Gasteiger partial charge in [-0.3, -0.25) is 0 Å². The van der Waals surface area contributed by atoms with E-state index in [0.717, 1.165) is 0 Å². The quantitative estimate of drug-likeness (QED) is 0.551. The Labute approximate surface area is 67.4 Å². The van der Waals surface area contributed by atoms with E-state index in [4.69, 9.17) is 18.9 Å². The standard InChI is InChI=1S/C7H15O4/c1-7(10-4,11-5)6(8-2)9-3/h6H,1H2,2-5H3. The van der Waals surface area contributed by atoms with Crippen molar-refractivity contribution in [2.24, 2.45) is 0 Å². The summed E-state index contributed by atoms with van der Waals surface area (Å²) in [6, 6.07) is 0. The summed E-state index contributed by atoms with van der Waals surface area (Å²) in [5.41, 5.74) is 0. The molecule has 0 aliphatic carbocycles. The molecule has 0 saturated carbocycles. The molecular weight excluding hydrogens is 148 g/mol. The second-order valence-corrected chi connectivity index (χ2v) is 2.02. The number of rotatable bonds is 5. The van der Waals surface area contributed by atoms with Gasteiger partial charge in [0.25, 0.3) is 0 Å². The number of hydrogen-bond donors (Lipinski definition) is 0. The van der Waals surface area contributed by atoms with Gasteiger partial charge in [-0.25, -0.2) is 0 Å². The second kappa shape index (κ2) is 4.66. The first-order valence-corrected chi connectivity index (χ1v) is 3.15. The van der Waals surface area contributed by atoms with Crippen LogP contribution < -0.4 is 0 Å². The third-order valence-electron chi connectivity index (χ3n) is 1.48. The molecule has 0 atom stereocenters. The Balaban J connectivity index is 4.19. The van der Waals surface area contributed by atoms with Crippen LogP contribution in [0, 0.1) is 6.92 Å². The lowest BCUT2D eigenvalue weighted by atomic mass is 10.3. The fourth-order valence-electron chi connectivity index (χ4n) is 0.731. The minimum Gasteiger partial charge on any atom is -0.351 e. The van der Waals surface area contributed by atoms with Gasteiger partial charge in [0.1, 0.15) is 0 Å². The molecule has 0 aliphatic heterocycles. The zero-order chi connectivity index (χ0) is 8.91. The maximum absolute atomic E-state index is 4.95. The maximum Gasteiger partial charge on any atom is 0.220 e. The number of hydrogen-bond acceptors (Lipinski definition) is 4. The molecule has 0 aromatic carbocycles. The van der Waals surface area contributed by atoms with Crippen LogP contribution in [0.15, 0.2) is 0 Å². The van der Waals surface area contributed by atoms with Gasteiger partial charge in [0, 0.05) is 35.4 Å². The molecule has 0 aromatic heterocycles. The molecule has 0 unspecified atom stereocenters. The van der Waals surface area contributed by atoms with Gasteiger partial charge in [-0.15, -0.1) is 0 Å². The molecule has 0 aliphatic rings. The summed E-state index contributed by atoms with van der Waals surface area (Å²) in [5, 5.41) is 0. The molecule has 1 radical (unpaired) electrons. The van der Waals surface area contributed by atoms with Crippen LogP contribution in [0.2, 0.25) is 0 Å². The van der Waals surface area contributed by atoms with E-state index in [1.165, 1.54) is 28.4 Å². The average Bonchev–Trinajstić information content (AvgIpc) is 2.06. The fraction of sp³-hybridized carbons (Fsp3) is 0.857. The highest BCUT2D eigenvalue weighted by Crippen LogP contribution is 2.17. The van der Waals surface area contributed by atoms with Crippen LogP contribution in [-0.2, 0) is 18.9 Å². The highest BCUT2D eigenvalue weighted by molar-refractivity contribution is 4.75. The highest BCUT2D eigenvalue weighted by atomic mass is 16.8. The van der Waals surface area contributed by atoms with Crippen molar-refractivity contribution in [3.8, 4) is 0 Å². The SMILES string of the molecule is [CH2]C(OC)(OC)C(OC)OC. The number of methoxy groups -OCH3 is 4. The van der Waals surface area contributed by atoms with Gasteiger partial charge in [-0.2, -0.15) is 0 Å². The number of ether oxygens (including phenoxy) is 4. The molecule has 67 valence electrons. The summed E-state index contributed by atoms with van der Waals surface area (Å²) in [7, 11) is 5.93. The summed E-state index contributed by atoms with van der Waals surface area (Å²) in [6.45, 7) is 3.65. The molecule has 0 amide bonds. The van der Waals surface area contributed by atoms with Crippen molar-refractivity contribution in [1.82, 2.24) is 0 Å². The predicted molar refractivity (Wildman–Crippen MR) is 39.9 cm³/mol. The Hall–Kier alpha value is -0.160. The van der Waals surface area contributed by atoms with Crippen LogP contribution in [0.3, 0.4) is 0 Å². The first kappa shape index (κ1) is 10.8. The van der Waals surface area contributed by atoms with Gasteiger partial charge < -0.3 is 18.9 Å². The van der Waals surface area contributed by atoms with Gasteiger partial charge >= 0.3 is 0 Å². The van der Waals surface area contributed by atoms with Crippen LogP contribution in [0.5, 0.6) is 0 Å². The second-order valence-electron chi connectivity index (χ2n) is 2.02. The van der Waals surface area contributed by atoms with Crippen molar-refractivity contribution in [2.75, 3.05) is 28.4 Å². The van der Waals surface area contributed by atoms with Crippen molar-refractivity contribution in [1.29, 1.82) is 0 Å². The van der Waals surface area contributed by atoms with Gasteiger partial charge in [-0.1, -0.05) is 0 Å². The van der Waals surface area contributed by atoms with Gasteiger partial charge in [0.2, 0.25) is 12.1 Å². The molecule has 0 N–H and O–H groups in total. The smallest absolute Gasteiger partial charge is 0.220 e. The summed E-state index contributed by atoms with van der Waals surface area (Å²) in [6.07, 6.45) is -0.627. The monoisotopic (exact) mass is 163 g/mol. The van der Waals surface area contributed by atoms with E-state index in [1.807, 2.05) is 0 Å². The first-order valence-electron chi connectivity index (χ1n) is 3.15. The molecule has 0 bridgehead atoms. The van der Waals surface area contributed by atoms with Crippen molar-refractivity contribution in [3.05, 3.63) is 6.92 Å². The molecule has 0 fully saturated rings. The lowest BCUT2D eigenvalue weighted by molar-refractivity contribution is -0.303. The van der Waals surface area contributed by atoms with Crippen LogP contribution >= 0.6 is 0 Å². The molecular formula is C7H15O4. The van der Waals surface area contributed by atoms with E-state index in [2.05, 4.69) is 6.92 Å². The van der Waals surface area contributed by atoms with Crippen molar-refractivity contribution < 1.29 is 18.9 Å². The van der Waals surface area contributed by atoms with Crippen molar-refractivity contribution >= 4 is 0 Å². The summed E-state index contributed by atoms with van der Waals surface area (Å²) < 4.78 is 19.7. The molecule has 0 spiro atoms. The topological polar surface area (TPSA) is 36.9 Å². The Kier molecular flexibility index (Phi) is 4.60. The molecule has 4 nitrogen and oxygen atoms in total.